The van der Waals surface area contributed by atoms with Crippen LogP contribution in [0.3, 0.4) is 0 Å². The number of hydrogen-bond donors (Lipinski definition) is 2. The van der Waals surface area contributed by atoms with Gasteiger partial charge in [0.05, 0.1) is 18.2 Å². The molecule has 1 aliphatic rings. The number of fused-ring (bicyclic) bond motifs is 1. The van der Waals surface area contributed by atoms with Crippen LogP contribution in [0.15, 0.2) is 53.5 Å². The van der Waals surface area contributed by atoms with Crippen LogP contribution in [0, 0.1) is 18.6 Å². The summed E-state index contributed by atoms with van der Waals surface area (Å²) in [4.78, 5) is 43.9. The number of piperidine rings is 1. The molecule has 1 fully saturated rings. The lowest BCUT2D eigenvalue weighted by Gasteiger charge is -2.38. The number of methoxy groups -OCH3 is 1. The molecule has 14 heteroatoms. The number of carbonyl (C=O) groups is 2. The van der Waals surface area contributed by atoms with Gasteiger partial charge in [0.2, 0.25) is 0 Å². The molecule has 0 bridgehead atoms. The third kappa shape index (κ3) is 6.49. The van der Waals surface area contributed by atoms with Crippen LogP contribution in [-0.2, 0) is 18.3 Å². The highest BCUT2D eigenvalue weighted by Gasteiger charge is 2.45. The van der Waals surface area contributed by atoms with E-state index in [9.17, 15) is 32.7 Å². The minimum Gasteiger partial charge on any atom is -0.496 e. The number of aliphatic carboxylic acids is 1. The number of carboxylic acids is 1. The Hall–Kier alpha value is -5.01. The van der Waals surface area contributed by atoms with Crippen molar-refractivity contribution in [3.05, 3.63) is 87.5 Å². The lowest BCUT2D eigenvalue weighted by molar-refractivity contribution is -0.152. The number of alkyl halides is 3. The van der Waals surface area contributed by atoms with E-state index >= 15 is 8.78 Å². The first-order valence-corrected chi connectivity index (χ1v) is 14.7. The highest BCUT2D eigenvalue weighted by molar-refractivity contribution is 5.99. The Morgan fingerprint density at radius 2 is 1.83 bits per heavy atom. The second kappa shape index (κ2) is 13.0. The average molecular weight is 659 g/mol. The first kappa shape index (κ1) is 33.4. The SMILES string of the molecule is COc1cc(C)n(C)c(=O)c1-c1ccc(C[C@H](NC(=O)c2c(F)cc(N3CCCC[C@@H]3C(F)(F)F)cc2F)C(=O)O)c2cccnc12. The quantitative estimate of drug-likeness (QED) is 0.239. The summed E-state index contributed by atoms with van der Waals surface area (Å²) in [7, 11) is 3.03. The zero-order valence-corrected chi connectivity index (χ0v) is 25.6. The van der Waals surface area contributed by atoms with Crippen molar-refractivity contribution in [1.82, 2.24) is 14.9 Å². The number of benzene rings is 2. The summed E-state index contributed by atoms with van der Waals surface area (Å²) in [6, 6.07) is 5.79. The van der Waals surface area contributed by atoms with Crippen LogP contribution in [-0.4, -0.2) is 58.4 Å². The van der Waals surface area contributed by atoms with Crippen LogP contribution in [0.1, 0.15) is 40.9 Å². The standard InChI is InChI=1S/C33H31F5N4O5/c1-17-13-25(47-3)27(31(44)41(17)2)21-10-9-18(20-7-6-11-39-29(20)21)14-24(32(45)46)40-30(43)28-22(34)15-19(16-23(28)35)42-12-5-4-8-26(42)33(36,37)38/h6-7,9-11,13,15-16,24,26H,4-5,8,12,14H2,1-3H3,(H,40,43)(H,45,46)/t24-,26+/m0/s1. The monoisotopic (exact) mass is 658 g/mol. The lowest BCUT2D eigenvalue weighted by atomic mass is 9.95. The summed E-state index contributed by atoms with van der Waals surface area (Å²) < 4.78 is 78.1. The normalized spacial score (nSPS) is 15.8. The van der Waals surface area contributed by atoms with Crippen molar-refractivity contribution in [2.75, 3.05) is 18.6 Å². The maximum absolute atomic E-state index is 15.2. The van der Waals surface area contributed by atoms with Crippen LogP contribution in [0.25, 0.3) is 22.0 Å². The highest BCUT2D eigenvalue weighted by atomic mass is 19.4. The van der Waals surface area contributed by atoms with Gasteiger partial charge in [-0.25, -0.2) is 13.6 Å². The van der Waals surface area contributed by atoms with Crippen molar-refractivity contribution >= 4 is 28.5 Å². The van der Waals surface area contributed by atoms with Gasteiger partial charge in [0, 0.05) is 54.6 Å². The molecule has 4 aromatic rings. The zero-order valence-electron chi connectivity index (χ0n) is 25.6. The van der Waals surface area contributed by atoms with Crippen molar-refractivity contribution in [3.63, 3.8) is 0 Å². The van der Waals surface area contributed by atoms with E-state index in [1.807, 2.05) is 0 Å². The molecule has 5 rings (SSSR count). The molecule has 2 atom stereocenters. The Morgan fingerprint density at radius 3 is 2.47 bits per heavy atom. The van der Waals surface area contributed by atoms with Gasteiger partial charge in [-0.15, -0.1) is 0 Å². The summed E-state index contributed by atoms with van der Waals surface area (Å²) in [5.74, 6) is -5.45. The molecule has 3 heterocycles. The molecule has 0 unspecified atom stereocenters. The Bertz CT molecular complexity index is 1900. The lowest BCUT2D eigenvalue weighted by Crippen LogP contribution is -2.49. The van der Waals surface area contributed by atoms with Crippen molar-refractivity contribution in [1.29, 1.82) is 0 Å². The van der Waals surface area contributed by atoms with E-state index in [2.05, 4.69) is 10.3 Å². The number of amides is 1. The minimum atomic E-state index is -4.63. The number of aromatic nitrogens is 2. The maximum Gasteiger partial charge on any atom is 0.408 e. The molecule has 1 saturated heterocycles. The number of halogens is 5. The molecule has 2 aromatic carbocycles. The second-order valence-electron chi connectivity index (χ2n) is 11.4. The molecular weight excluding hydrogens is 627 g/mol. The fourth-order valence-electron chi connectivity index (χ4n) is 5.99. The molecule has 1 amide bonds. The van der Waals surface area contributed by atoms with E-state index in [1.54, 1.807) is 44.3 Å². The fourth-order valence-corrected chi connectivity index (χ4v) is 5.99. The van der Waals surface area contributed by atoms with Gasteiger partial charge in [-0.1, -0.05) is 18.2 Å². The first-order chi connectivity index (χ1) is 22.2. The van der Waals surface area contributed by atoms with Crippen LogP contribution >= 0.6 is 0 Å². The molecule has 0 radical (unpaired) electrons. The van der Waals surface area contributed by atoms with Crippen molar-refractivity contribution in [2.24, 2.45) is 7.05 Å². The Balaban J connectivity index is 1.46. The summed E-state index contributed by atoms with van der Waals surface area (Å²) in [5, 5.41) is 12.6. The van der Waals surface area contributed by atoms with E-state index in [-0.39, 0.29) is 36.2 Å². The number of carboxylic acid groups (broad SMARTS) is 1. The van der Waals surface area contributed by atoms with Gasteiger partial charge in [-0.2, -0.15) is 13.2 Å². The zero-order chi connectivity index (χ0) is 34.2. The van der Waals surface area contributed by atoms with Gasteiger partial charge in [-0.05, 0) is 49.9 Å². The molecular formula is C33H31F5N4O5. The third-order valence-electron chi connectivity index (χ3n) is 8.48. The number of anilines is 1. The van der Waals surface area contributed by atoms with Crippen LogP contribution < -0.4 is 20.5 Å². The van der Waals surface area contributed by atoms with Gasteiger partial charge < -0.3 is 24.6 Å². The number of hydrogen-bond acceptors (Lipinski definition) is 6. The molecule has 0 aliphatic carbocycles. The molecule has 2 N–H and O–H groups in total. The molecule has 1 aliphatic heterocycles. The van der Waals surface area contributed by atoms with Crippen LogP contribution in [0.2, 0.25) is 0 Å². The van der Waals surface area contributed by atoms with E-state index in [0.717, 1.165) is 4.90 Å². The van der Waals surface area contributed by atoms with E-state index in [1.165, 1.54) is 17.9 Å². The largest absolute Gasteiger partial charge is 0.496 e. The summed E-state index contributed by atoms with van der Waals surface area (Å²) in [6.07, 6.45) is -3.02. The first-order valence-electron chi connectivity index (χ1n) is 14.7. The number of ether oxygens (including phenoxy) is 1. The summed E-state index contributed by atoms with van der Waals surface area (Å²) in [6.45, 7) is 1.67. The molecule has 9 nitrogen and oxygen atoms in total. The van der Waals surface area contributed by atoms with Crippen molar-refractivity contribution in [2.45, 2.75) is 50.9 Å². The predicted octanol–water partition coefficient (Wildman–Crippen LogP) is 5.54. The topological polar surface area (TPSA) is 114 Å². The fraction of sp³-hybridized carbons (Fsp3) is 0.333. The average Bonchev–Trinajstić information content (AvgIpc) is 3.02. The Kier molecular flexibility index (Phi) is 9.23. The predicted molar refractivity (Wildman–Crippen MR) is 164 cm³/mol. The molecule has 248 valence electrons. The maximum atomic E-state index is 15.2. The summed E-state index contributed by atoms with van der Waals surface area (Å²) >= 11 is 0. The number of nitrogens with one attached hydrogen (secondary N) is 1. The van der Waals surface area contributed by atoms with E-state index in [4.69, 9.17) is 4.74 Å². The van der Waals surface area contributed by atoms with Crippen molar-refractivity contribution < 1.29 is 41.4 Å². The Morgan fingerprint density at radius 1 is 1.13 bits per heavy atom. The third-order valence-corrected chi connectivity index (χ3v) is 8.48. The minimum absolute atomic E-state index is 0.0808. The number of pyridine rings is 2. The summed E-state index contributed by atoms with van der Waals surface area (Å²) in [5.41, 5.74) is 0.222. The number of carbonyl (C=O) groups excluding carboxylic acids is 1. The Labute approximate surface area is 265 Å². The molecule has 47 heavy (non-hydrogen) atoms. The van der Waals surface area contributed by atoms with Gasteiger partial charge in [-0.3, -0.25) is 14.6 Å². The van der Waals surface area contributed by atoms with Crippen molar-refractivity contribution in [3.8, 4) is 16.9 Å². The molecule has 0 spiro atoms. The number of nitrogens with zero attached hydrogens (tertiary/aromatic N) is 3. The van der Waals surface area contributed by atoms with Crippen LogP contribution in [0.4, 0.5) is 27.6 Å². The second-order valence-corrected chi connectivity index (χ2v) is 11.4. The van der Waals surface area contributed by atoms with Crippen LogP contribution in [0.5, 0.6) is 5.75 Å². The molecule has 0 saturated carbocycles. The van der Waals surface area contributed by atoms with Gasteiger partial charge in [0.25, 0.3) is 11.5 Å². The van der Waals surface area contributed by atoms with Gasteiger partial charge >= 0.3 is 12.1 Å². The number of rotatable bonds is 8. The van der Waals surface area contributed by atoms with E-state index in [0.29, 0.717) is 58.4 Å². The highest BCUT2D eigenvalue weighted by Crippen LogP contribution is 2.37. The smallest absolute Gasteiger partial charge is 0.408 e. The van der Waals surface area contributed by atoms with E-state index < -0.39 is 47.3 Å². The van der Waals surface area contributed by atoms with Gasteiger partial charge in [0.1, 0.15) is 35.0 Å². The van der Waals surface area contributed by atoms with Gasteiger partial charge in [0.15, 0.2) is 0 Å². The molecule has 2 aromatic heterocycles. The number of aryl methyl sites for hydroxylation is 1.